The Hall–Kier alpha value is -1.40. The Labute approximate surface area is 126 Å². The molecule has 1 saturated carbocycles. The molecule has 0 aliphatic heterocycles. The number of carbonyl (C=O) groups is 1. The minimum Gasteiger partial charge on any atom is -0.378 e. The summed E-state index contributed by atoms with van der Waals surface area (Å²) in [5, 5.41) is 2.92. The Bertz CT molecular complexity index is 400. The Morgan fingerprint density at radius 2 is 2.19 bits per heavy atom. The second kappa shape index (κ2) is 8.79. The lowest BCUT2D eigenvalue weighted by Gasteiger charge is -2.26. The normalized spacial score (nSPS) is 22.1. The molecule has 1 amide bonds. The number of ether oxygens (including phenoxy) is 1. The van der Waals surface area contributed by atoms with Crippen LogP contribution in [0.1, 0.15) is 38.5 Å². The zero-order valence-corrected chi connectivity index (χ0v) is 12.5. The van der Waals surface area contributed by atoms with Gasteiger partial charge in [-0.25, -0.2) is 4.98 Å². The van der Waals surface area contributed by atoms with Crippen LogP contribution in [-0.4, -0.2) is 40.8 Å². The second-order valence-electron chi connectivity index (χ2n) is 5.66. The van der Waals surface area contributed by atoms with Crippen LogP contribution in [-0.2, 0) is 16.1 Å². The molecule has 0 atom stereocenters. The van der Waals surface area contributed by atoms with Gasteiger partial charge in [-0.2, -0.15) is 0 Å². The maximum atomic E-state index is 11.6. The van der Waals surface area contributed by atoms with E-state index in [2.05, 4.69) is 10.3 Å². The van der Waals surface area contributed by atoms with Crippen LogP contribution < -0.4 is 11.1 Å². The molecule has 6 heteroatoms. The maximum Gasteiger partial charge on any atom is 0.221 e. The fourth-order valence-electron chi connectivity index (χ4n) is 2.54. The fraction of sp³-hybridized carbons (Fsp3) is 0.733. The number of imidazole rings is 1. The van der Waals surface area contributed by atoms with E-state index in [1.165, 1.54) is 0 Å². The molecule has 118 valence electrons. The van der Waals surface area contributed by atoms with Crippen LogP contribution in [0, 0.1) is 0 Å². The number of aromatic nitrogens is 2. The van der Waals surface area contributed by atoms with Gasteiger partial charge in [0.2, 0.25) is 5.91 Å². The minimum atomic E-state index is 0.0762. The predicted molar refractivity (Wildman–Crippen MR) is 80.7 cm³/mol. The first-order valence-electron chi connectivity index (χ1n) is 7.83. The Morgan fingerprint density at radius 1 is 1.38 bits per heavy atom. The number of carbonyl (C=O) groups excluding carboxylic acids is 1. The third-order valence-corrected chi connectivity index (χ3v) is 3.87. The van der Waals surface area contributed by atoms with Gasteiger partial charge in [0.15, 0.2) is 0 Å². The smallest absolute Gasteiger partial charge is 0.221 e. The van der Waals surface area contributed by atoms with E-state index < -0.39 is 0 Å². The molecule has 1 heterocycles. The topological polar surface area (TPSA) is 82.2 Å². The quantitative estimate of drug-likeness (QED) is 0.703. The van der Waals surface area contributed by atoms with Gasteiger partial charge in [0.05, 0.1) is 12.4 Å². The van der Waals surface area contributed by atoms with Gasteiger partial charge in [-0.1, -0.05) is 0 Å². The molecule has 0 saturated heterocycles. The molecule has 21 heavy (non-hydrogen) atoms. The number of hydrogen-bond acceptors (Lipinski definition) is 4. The number of rotatable bonds is 8. The van der Waals surface area contributed by atoms with Crippen molar-refractivity contribution < 1.29 is 9.53 Å². The lowest BCUT2D eigenvalue weighted by atomic mass is 9.94. The van der Waals surface area contributed by atoms with E-state index in [-0.39, 0.29) is 5.91 Å². The second-order valence-corrected chi connectivity index (χ2v) is 5.66. The van der Waals surface area contributed by atoms with Gasteiger partial charge in [-0.05, 0) is 32.1 Å². The summed E-state index contributed by atoms with van der Waals surface area (Å²) in [5.74, 6) is 0.0762. The molecule has 0 radical (unpaired) electrons. The summed E-state index contributed by atoms with van der Waals surface area (Å²) >= 11 is 0. The molecule has 1 aliphatic carbocycles. The first kappa shape index (κ1) is 16.0. The van der Waals surface area contributed by atoms with E-state index in [1.807, 2.05) is 10.8 Å². The van der Waals surface area contributed by atoms with Gasteiger partial charge in [-0.3, -0.25) is 4.79 Å². The monoisotopic (exact) mass is 294 g/mol. The van der Waals surface area contributed by atoms with Crippen molar-refractivity contribution in [2.24, 2.45) is 5.73 Å². The van der Waals surface area contributed by atoms with Crippen LogP contribution in [0.4, 0.5) is 0 Å². The lowest BCUT2D eigenvalue weighted by Crippen LogP contribution is -2.31. The van der Waals surface area contributed by atoms with Crippen molar-refractivity contribution in [2.45, 2.75) is 57.2 Å². The van der Waals surface area contributed by atoms with Crippen molar-refractivity contribution in [1.82, 2.24) is 14.9 Å². The summed E-state index contributed by atoms with van der Waals surface area (Å²) in [5.41, 5.74) is 5.86. The number of amides is 1. The van der Waals surface area contributed by atoms with E-state index in [9.17, 15) is 4.79 Å². The molecule has 1 aliphatic rings. The average molecular weight is 294 g/mol. The molecular weight excluding hydrogens is 268 g/mol. The van der Waals surface area contributed by atoms with Crippen LogP contribution in [0.3, 0.4) is 0 Å². The van der Waals surface area contributed by atoms with Crippen LogP contribution in [0.15, 0.2) is 18.7 Å². The highest BCUT2D eigenvalue weighted by molar-refractivity contribution is 5.75. The third kappa shape index (κ3) is 6.27. The minimum absolute atomic E-state index is 0.0762. The van der Waals surface area contributed by atoms with Gasteiger partial charge in [0.1, 0.15) is 0 Å². The molecule has 6 nitrogen and oxygen atoms in total. The van der Waals surface area contributed by atoms with Crippen molar-refractivity contribution in [2.75, 3.05) is 13.2 Å². The molecule has 1 aromatic heterocycles. The summed E-state index contributed by atoms with van der Waals surface area (Å²) in [4.78, 5) is 15.6. The van der Waals surface area contributed by atoms with E-state index >= 15 is 0 Å². The van der Waals surface area contributed by atoms with Gasteiger partial charge < -0.3 is 20.4 Å². The van der Waals surface area contributed by atoms with Crippen LogP contribution in [0.25, 0.3) is 0 Å². The number of nitrogens with two attached hydrogens (primary N) is 1. The zero-order valence-electron chi connectivity index (χ0n) is 12.5. The third-order valence-electron chi connectivity index (χ3n) is 3.87. The van der Waals surface area contributed by atoms with E-state index in [4.69, 9.17) is 10.5 Å². The maximum absolute atomic E-state index is 11.6. The summed E-state index contributed by atoms with van der Waals surface area (Å²) in [6, 6.07) is 0.361. The molecule has 0 spiro atoms. The molecule has 3 N–H and O–H groups in total. The van der Waals surface area contributed by atoms with E-state index in [0.29, 0.717) is 38.3 Å². The Kier molecular flexibility index (Phi) is 6.69. The van der Waals surface area contributed by atoms with Crippen LogP contribution in [0.2, 0.25) is 0 Å². The summed E-state index contributed by atoms with van der Waals surface area (Å²) in [6.45, 7) is 2.06. The van der Waals surface area contributed by atoms with Crippen LogP contribution in [0.5, 0.6) is 0 Å². The number of aryl methyl sites for hydroxylation is 1. The summed E-state index contributed by atoms with van der Waals surface area (Å²) in [7, 11) is 0. The fourth-order valence-corrected chi connectivity index (χ4v) is 2.54. The van der Waals surface area contributed by atoms with Gasteiger partial charge in [0.25, 0.3) is 0 Å². The predicted octanol–water partition coefficient (Wildman–Crippen LogP) is 1.07. The highest BCUT2D eigenvalue weighted by atomic mass is 16.5. The van der Waals surface area contributed by atoms with Crippen molar-refractivity contribution in [1.29, 1.82) is 0 Å². The molecule has 2 rings (SSSR count). The SMILES string of the molecule is NC1CCC(OCCCNC(=O)CCn2ccnc2)CC1. The van der Waals surface area contributed by atoms with Crippen LogP contribution >= 0.6 is 0 Å². The van der Waals surface area contributed by atoms with Gasteiger partial charge in [0, 0.05) is 44.6 Å². The molecule has 0 aromatic carbocycles. The molecule has 0 bridgehead atoms. The molecule has 1 aromatic rings. The van der Waals surface area contributed by atoms with Gasteiger partial charge in [-0.15, -0.1) is 0 Å². The van der Waals surface area contributed by atoms with Crippen molar-refractivity contribution in [3.63, 3.8) is 0 Å². The first-order valence-corrected chi connectivity index (χ1v) is 7.83. The standard InChI is InChI=1S/C15H26N4O2/c16-13-2-4-14(5-3-13)21-11-1-7-18-15(20)6-9-19-10-8-17-12-19/h8,10,12-14H,1-7,9,11,16H2,(H,18,20). The zero-order chi connectivity index (χ0) is 14.9. The highest BCUT2D eigenvalue weighted by Crippen LogP contribution is 2.19. The number of nitrogens with zero attached hydrogens (tertiary/aromatic N) is 2. The van der Waals surface area contributed by atoms with Crippen molar-refractivity contribution in [3.8, 4) is 0 Å². The van der Waals surface area contributed by atoms with Crippen molar-refractivity contribution >= 4 is 5.91 Å². The summed E-state index contributed by atoms with van der Waals surface area (Å²) < 4.78 is 7.71. The Balaban J connectivity index is 1.45. The summed E-state index contributed by atoms with van der Waals surface area (Å²) in [6.07, 6.45) is 11.3. The van der Waals surface area contributed by atoms with E-state index in [1.54, 1.807) is 12.5 Å². The number of nitrogens with one attached hydrogen (secondary N) is 1. The molecule has 1 fully saturated rings. The van der Waals surface area contributed by atoms with E-state index in [0.717, 1.165) is 32.1 Å². The number of hydrogen-bond donors (Lipinski definition) is 2. The Morgan fingerprint density at radius 3 is 2.90 bits per heavy atom. The first-order chi connectivity index (χ1) is 10.2. The molecule has 0 unspecified atom stereocenters. The largest absolute Gasteiger partial charge is 0.378 e. The lowest BCUT2D eigenvalue weighted by molar-refractivity contribution is -0.121. The average Bonchev–Trinajstić information content (AvgIpc) is 3.00. The molecular formula is C15H26N4O2. The van der Waals surface area contributed by atoms with Gasteiger partial charge >= 0.3 is 0 Å². The van der Waals surface area contributed by atoms with Crippen molar-refractivity contribution in [3.05, 3.63) is 18.7 Å². The highest BCUT2D eigenvalue weighted by Gasteiger charge is 2.18.